The topological polar surface area (TPSA) is 90.2 Å². The maximum atomic E-state index is 12.4. The van der Waals surface area contributed by atoms with Crippen LogP contribution in [0.1, 0.15) is 67.4 Å². The first-order valence-corrected chi connectivity index (χ1v) is 11.9. The molecule has 0 spiro atoms. The molecule has 5 atom stereocenters. The fraction of sp³-hybridized carbons (Fsp3) is 0.762. The molecule has 9 nitrogen and oxygen atoms in total. The van der Waals surface area contributed by atoms with Gasteiger partial charge in [0.15, 0.2) is 0 Å². The van der Waals surface area contributed by atoms with Crippen molar-refractivity contribution in [2.24, 2.45) is 0 Å². The molecule has 31 heavy (non-hydrogen) atoms. The number of rotatable bonds is 9. The zero-order chi connectivity index (χ0) is 23.5. The quantitative estimate of drug-likeness (QED) is 0.350. The molecule has 2 fully saturated rings. The second kappa shape index (κ2) is 10.4. The number of H-pyrrole nitrogens is 1. The number of nitrogens with zero attached hydrogens (tertiary/aromatic N) is 3. The van der Waals surface area contributed by atoms with Crippen LogP contribution in [0.25, 0.3) is 4.85 Å². The monoisotopic (exact) mass is 453 g/mol. The van der Waals surface area contributed by atoms with Gasteiger partial charge in [0, 0.05) is 32.1 Å². The molecule has 0 radical (unpaired) electrons. The van der Waals surface area contributed by atoms with Gasteiger partial charge in [0.05, 0.1) is 6.10 Å². The van der Waals surface area contributed by atoms with Crippen LogP contribution < -0.4 is 11.2 Å². The number of ether oxygens (including phenoxy) is 1. The van der Waals surface area contributed by atoms with E-state index in [-0.39, 0.29) is 25.2 Å². The van der Waals surface area contributed by atoms with Crippen LogP contribution in [0.4, 0.5) is 0 Å². The van der Waals surface area contributed by atoms with Crippen LogP contribution in [0.3, 0.4) is 0 Å². The van der Waals surface area contributed by atoms with Gasteiger partial charge in [-0.25, -0.2) is 16.0 Å². The highest BCUT2D eigenvalue weighted by molar-refractivity contribution is 7.44. The van der Waals surface area contributed by atoms with Crippen molar-refractivity contribution in [2.45, 2.75) is 89.8 Å². The van der Waals surface area contributed by atoms with Crippen LogP contribution >= 0.6 is 8.53 Å². The van der Waals surface area contributed by atoms with Gasteiger partial charge in [-0.3, -0.25) is 14.3 Å². The van der Waals surface area contributed by atoms with E-state index >= 15 is 0 Å². The first-order chi connectivity index (χ1) is 15.2. The average Bonchev–Trinajstić information content (AvgIpc) is 3.08. The first kappa shape index (κ1) is 22.6. The largest absolute Gasteiger partial charge is 0.352 e. The molecule has 0 bridgehead atoms. The molecule has 1 aliphatic carbocycles. The molecule has 1 aromatic rings. The summed E-state index contributed by atoms with van der Waals surface area (Å²) in [6.45, 7) is 15.9. The van der Waals surface area contributed by atoms with E-state index in [2.05, 4.69) is 42.2 Å². The number of fused-ring (bicyclic) bond motifs is 1. The minimum Gasteiger partial charge on any atom is -0.352 e. The van der Waals surface area contributed by atoms with E-state index in [9.17, 15) is 9.59 Å². The lowest BCUT2D eigenvalue weighted by Gasteiger charge is -2.43. The molecule has 1 N–H and O–H groups in total. The van der Waals surface area contributed by atoms with Crippen LogP contribution in [-0.4, -0.2) is 51.2 Å². The van der Waals surface area contributed by atoms with E-state index in [0.717, 1.165) is 6.42 Å². The minimum absolute atomic E-state index is 0.152. The molecule has 2 heterocycles. The Bertz CT molecular complexity index is 924. The van der Waals surface area contributed by atoms with Gasteiger partial charge in [-0.05, 0) is 40.5 Å². The smallest absolute Gasteiger partial charge is 0.330 e. The van der Waals surface area contributed by atoms with Crippen molar-refractivity contribution in [3.05, 3.63) is 44.5 Å². The molecule has 1 saturated heterocycles. The highest BCUT2D eigenvalue weighted by atomic mass is 31.2. The van der Waals surface area contributed by atoms with E-state index in [1.54, 1.807) is 0 Å². The summed E-state index contributed by atoms with van der Waals surface area (Å²) in [6.07, 6.45) is 2.37. The highest BCUT2D eigenvalue weighted by Crippen LogP contribution is 2.57. The van der Waals surface area contributed by atoms with Crippen LogP contribution in [0.5, 0.6) is 0 Å². The van der Waals surface area contributed by atoms with E-state index in [4.69, 9.17) is 21.7 Å². The Labute approximate surface area is 185 Å². The standard InChI is InChI=1S/C21H33N4O5P/c1-15(2)25(16(3)4)31(28-13-11-22-5)30-21-10-7-6-8-17(21)29-19(14-21)24-12-9-18(26)23-20(24)27/h9,12,15-17,19H,6-8,10-11,13-14H2,1-4H3,(H,23,26,27)/t17-,19+,21+,31?/m0/s1/i8D/t8-,17-,19+,21+,31?. The Hall–Kier alpha value is -1.56. The predicted molar refractivity (Wildman–Crippen MR) is 119 cm³/mol. The lowest BCUT2D eigenvalue weighted by atomic mass is 9.81. The maximum Gasteiger partial charge on any atom is 0.330 e. The molecule has 172 valence electrons. The third-order valence-electron chi connectivity index (χ3n) is 5.60. The second-order valence-electron chi connectivity index (χ2n) is 8.54. The van der Waals surface area contributed by atoms with Gasteiger partial charge in [0.1, 0.15) is 18.4 Å². The van der Waals surface area contributed by atoms with Gasteiger partial charge in [0.25, 0.3) is 14.1 Å². The molecule has 2 aliphatic rings. The third kappa shape index (κ3) is 5.44. The molecule has 0 aromatic carbocycles. The van der Waals surface area contributed by atoms with Crippen molar-refractivity contribution in [2.75, 3.05) is 13.2 Å². The van der Waals surface area contributed by atoms with E-state index in [0.29, 0.717) is 19.3 Å². The molecule has 1 unspecified atom stereocenters. The average molecular weight is 453 g/mol. The van der Waals surface area contributed by atoms with Gasteiger partial charge < -0.3 is 18.6 Å². The Morgan fingerprint density at radius 3 is 2.81 bits per heavy atom. The van der Waals surface area contributed by atoms with Crippen LogP contribution in [-0.2, 0) is 13.8 Å². The maximum absolute atomic E-state index is 12.4. The molecule has 1 aliphatic heterocycles. The van der Waals surface area contributed by atoms with Gasteiger partial charge in [0.2, 0.25) is 6.54 Å². The summed E-state index contributed by atoms with van der Waals surface area (Å²) in [4.78, 5) is 29.5. The summed E-state index contributed by atoms with van der Waals surface area (Å²) in [7, 11) is -1.52. The summed E-state index contributed by atoms with van der Waals surface area (Å²) in [5.41, 5.74) is -1.79. The van der Waals surface area contributed by atoms with Crippen molar-refractivity contribution in [3.8, 4) is 0 Å². The van der Waals surface area contributed by atoms with Gasteiger partial charge >= 0.3 is 5.69 Å². The second-order valence-corrected chi connectivity index (χ2v) is 9.92. The van der Waals surface area contributed by atoms with Crippen LogP contribution in [0.2, 0.25) is 0 Å². The molecule has 0 amide bonds. The van der Waals surface area contributed by atoms with Crippen LogP contribution in [0, 0.1) is 6.57 Å². The van der Waals surface area contributed by atoms with Crippen molar-refractivity contribution in [1.29, 1.82) is 0 Å². The lowest BCUT2D eigenvalue weighted by Crippen LogP contribution is -2.45. The first-order valence-electron chi connectivity index (χ1n) is 11.4. The van der Waals surface area contributed by atoms with Crippen molar-refractivity contribution >= 4 is 8.53 Å². The molecular formula is C21H33N4O5P. The fourth-order valence-electron chi connectivity index (χ4n) is 4.32. The van der Waals surface area contributed by atoms with Crippen LogP contribution in [0.15, 0.2) is 21.9 Å². The van der Waals surface area contributed by atoms with E-state index < -0.39 is 44.1 Å². The zero-order valence-corrected chi connectivity index (χ0v) is 19.5. The van der Waals surface area contributed by atoms with Crippen molar-refractivity contribution < 1.29 is 15.2 Å². The fourth-order valence-corrected chi connectivity index (χ4v) is 6.18. The summed E-state index contributed by atoms with van der Waals surface area (Å²) in [5, 5.41) is 0. The summed E-state index contributed by atoms with van der Waals surface area (Å²) >= 11 is 0. The van der Waals surface area contributed by atoms with Gasteiger partial charge in [-0.15, -0.1) is 0 Å². The summed E-state index contributed by atoms with van der Waals surface area (Å²) < 4.78 is 31.2. The summed E-state index contributed by atoms with van der Waals surface area (Å²) in [6, 6.07) is 1.59. The number of hydrogen-bond donors (Lipinski definition) is 1. The number of aromatic amines is 1. The normalized spacial score (nSPS) is 29.7. The lowest BCUT2D eigenvalue weighted by molar-refractivity contribution is -0.0731. The number of aromatic nitrogens is 2. The highest BCUT2D eigenvalue weighted by Gasteiger charge is 2.54. The van der Waals surface area contributed by atoms with E-state index in [1.165, 1.54) is 16.8 Å². The van der Waals surface area contributed by atoms with Crippen molar-refractivity contribution in [1.82, 2.24) is 14.2 Å². The van der Waals surface area contributed by atoms with Gasteiger partial charge in [-0.1, -0.05) is 12.8 Å². The van der Waals surface area contributed by atoms with Gasteiger partial charge in [-0.2, -0.15) is 0 Å². The SMILES string of the molecule is [2H][C@H]1CCC[C@@]2(OP(OCC[N+]#[C-])N(C(C)C)C(C)C)C[C@H](n3ccc(=O)[nH]c3=O)O[C@@H]12. The summed E-state index contributed by atoms with van der Waals surface area (Å²) in [5.74, 6) is 0. The molecular weight excluding hydrogens is 419 g/mol. The molecule has 1 aromatic heterocycles. The number of hydrogen-bond acceptors (Lipinski definition) is 6. The third-order valence-corrected chi connectivity index (χ3v) is 7.82. The molecule has 10 heteroatoms. The molecule has 1 saturated carbocycles. The number of nitrogens with one attached hydrogen (secondary N) is 1. The minimum atomic E-state index is -1.52. The van der Waals surface area contributed by atoms with Crippen molar-refractivity contribution in [3.63, 3.8) is 0 Å². The predicted octanol–water partition coefficient (Wildman–Crippen LogP) is 3.44. The Morgan fingerprint density at radius 2 is 2.16 bits per heavy atom. The zero-order valence-electron chi connectivity index (χ0n) is 19.6. The Morgan fingerprint density at radius 1 is 1.42 bits per heavy atom. The Balaban J connectivity index is 1.93. The molecule has 3 rings (SSSR count). The Kier molecular flexibility index (Phi) is 7.57. The van der Waals surface area contributed by atoms with E-state index in [1.807, 2.05) is 0 Å².